The molecule has 2 aromatic rings. The van der Waals surface area contributed by atoms with Crippen LogP contribution in [-0.2, 0) is 4.79 Å². The second-order valence-corrected chi connectivity index (χ2v) is 7.77. The minimum Gasteiger partial charge on any atom is -0.294 e. The predicted molar refractivity (Wildman–Crippen MR) is 97.3 cm³/mol. The van der Waals surface area contributed by atoms with Gasteiger partial charge in [0.2, 0.25) is 0 Å². The molecule has 2 fully saturated rings. The van der Waals surface area contributed by atoms with E-state index in [-0.39, 0.29) is 5.92 Å². The molecule has 3 aliphatic rings. The summed E-state index contributed by atoms with van der Waals surface area (Å²) in [5.41, 5.74) is 5.98. The Morgan fingerprint density at radius 3 is 2.17 bits per heavy atom. The molecule has 2 saturated carbocycles. The molecule has 0 aliphatic heterocycles. The van der Waals surface area contributed by atoms with Crippen LogP contribution in [0.5, 0.6) is 0 Å². The molecule has 4 atom stereocenters. The third kappa shape index (κ3) is 1.90. The Labute approximate surface area is 143 Å². The van der Waals surface area contributed by atoms with Gasteiger partial charge in [0, 0.05) is 11.5 Å². The molecule has 0 spiro atoms. The first kappa shape index (κ1) is 14.2. The molecule has 2 bridgehead atoms. The minimum absolute atomic E-state index is 0.246. The van der Waals surface area contributed by atoms with Gasteiger partial charge in [0.1, 0.15) is 0 Å². The maximum Gasteiger partial charge on any atom is 0.167 e. The van der Waals surface area contributed by atoms with Gasteiger partial charge in [-0.3, -0.25) is 4.79 Å². The standard InChI is InChI=1S/C23H22O/c1-14-7-9-16(10-8-14)19-20-17-11-12-18(13-17)22(20)23(24)21(19)15-5-3-2-4-6-15/h2-10,17-18,20,22H,11-13H2,1H3/t17-,18+,20?,22?/m1/s1. The van der Waals surface area contributed by atoms with Gasteiger partial charge in [-0.15, -0.1) is 0 Å². The lowest BCUT2D eigenvalue weighted by Gasteiger charge is -2.26. The SMILES string of the molecule is Cc1ccc(C2=C(c3ccccc3)C(=O)C3C2[C@@H]2CC[C@H]3C2)cc1. The van der Waals surface area contributed by atoms with Crippen LogP contribution in [0.15, 0.2) is 54.6 Å². The van der Waals surface area contributed by atoms with Crippen molar-refractivity contribution in [2.45, 2.75) is 26.2 Å². The van der Waals surface area contributed by atoms with Crippen molar-refractivity contribution in [3.63, 3.8) is 0 Å². The fourth-order valence-electron chi connectivity index (χ4n) is 5.52. The van der Waals surface area contributed by atoms with Gasteiger partial charge in [-0.2, -0.15) is 0 Å². The van der Waals surface area contributed by atoms with Crippen LogP contribution in [0, 0.1) is 30.6 Å². The summed E-state index contributed by atoms with van der Waals surface area (Å²) >= 11 is 0. The van der Waals surface area contributed by atoms with Crippen LogP contribution in [0.4, 0.5) is 0 Å². The number of benzene rings is 2. The van der Waals surface area contributed by atoms with E-state index in [0.717, 1.165) is 11.1 Å². The molecule has 24 heavy (non-hydrogen) atoms. The molecular weight excluding hydrogens is 292 g/mol. The third-order valence-corrected chi connectivity index (χ3v) is 6.49. The van der Waals surface area contributed by atoms with Gasteiger partial charge in [-0.25, -0.2) is 0 Å². The van der Waals surface area contributed by atoms with Gasteiger partial charge in [-0.1, -0.05) is 60.2 Å². The summed E-state index contributed by atoms with van der Waals surface area (Å²) in [6.45, 7) is 2.12. The predicted octanol–water partition coefficient (Wildman–Crippen LogP) is 5.15. The molecular formula is C23H22O. The monoisotopic (exact) mass is 314 g/mol. The molecule has 3 aliphatic carbocycles. The number of ketones is 1. The van der Waals surface area contributed by atoms with Crippen molar-refractivity contribution in [1.82, 2.24) is 0 Å². The molecule has 0 saturated heterocycles. The summed E-state index contributed by atoms with van der Waals surface area (Å²) < 4.78 is 0. The topological polar surface area (TPSA) is 17.1 Å². The van der Waals surface area contributed by atoms with Gasteiger partial charge in [0.25, 0.3) is 0 Å². The zero-order chi connectivity index (χ0) is 16.3. The van der Waals surface area contributed by atoms with E-state index in [1.807, 2.05) is 18.2 Å². The lowest BCUT2D eigenvalue weighted by molar-refractivity contribution is -0.118. The number of fused-ring (bicyclic) bond motifs is 5. The number of hydrogen-bond acceptors (Lipinski definition) is 1. The first-order valence-electron chi connectivity index (χ1n) is 9.15. The van der Waals surface area contributed by atoms with E-state index in [1.54, 1.807) is 0 Å². The largest absolute Gasteiger partial charge is 0.294 e. The number of rotatable bonds is 2. The number of hydrogen-bond donors (Lipinski definition) is 0. The Bertz CT molecular complexity index is 828. The molecule has 5 rings (SSSR count). The highest BCUT2D eigenvalue weighted by Crippen LogP contribution is 2.62. The number of aryl methyl sites for hydroxylation is 1. The first-order chi connectivity index (χ1) is 11.7. The van der Waals surface area contributed by atoms with Crippen LogP contribution < -0.4 is 0 Å². The third-order valence-electron chi connectivity index (χ3n) is 6.49. The maximum atomic E-state index is 13.4. The lowest BCUT2D eigenvalue weighted by atomic mass is 9.77. The van der Waals surface area contributed by atoms with E-state index in [1.165, 1.54) is 36.0 Å². The van der Waals surface area contributed by atoms with E-state index in [2.05, 4.69) is 43.3 Å². The second kappa shape index (κ2) is 5.17. The van der Waals surface area contributed by atoms with Crippen molar-refractivity contribution in [2.24, 2.45) is 23.7 Å². The quantitative estimate of drug-likeness (QED) is 0.749. The second-order valence-electron chi connectivity index (χ2n) is 7.77. The highest BCUT2D eigenvalue weighted by atomic mass is 16.1. The Hall–Kier alpha value is -2.15. The smallest absolute Gasteiger partial charge is 0.167 e. The highest BCUT2D eigenvalue weighted by Gasteiger charge is 2.56. The van der Waals surface area contributed by atoms with E-state index < -0.39 is 0 Å². The Kier molecular flexibility index (Phi) is 3.06. The summed E-state index contributed by atoms with van der Waals surface area (Å²) in [4.78, 5) is 13.4. The molecule has 0 amide bonds. The summed E-state index contributed by atoms with van der Waals surface area (Å²) in [7, 11) is 0. The van der Waals surface area contributed by atoms with Crippen LogP contribution in [0.1, 0.15) is 36.0 Å². The van der Waals surface area contributed by atoms with Crippen molar-refractivity contribution >= 4 is 16.9 Å². The molecule has 0 N–H and O–H groups in total. The average molecular weight is 314 g/mol. The molecule has 0 radical (unpaired) electrons. The summed E-state index contributed by atoms with van der Waals surface area (Å²) in [5.74, 6) is 2.44. The van der Waals surface area contributed by atoms with Gasteiger partial charge < -0.3 is 0 Å². The molecule has 120 valence electrons. The van der Waals surface area contributed by atoms with Crippen molar-refractivity contribution in [1.29, 1.82) is 0 Å². The highest BCUT2D eigenvalue weighted by molar-refractivity contribution is 6.32. The fourth-order valence-corrected chi connectivity index (χ4v) is 5.52. The van der Waals surface area contributed by atoms with Crippen LogP contribution >= 0.6 is 0 Å². The van der Waals surface area contributed by atoms with E-state index >= 15 is 0 Å². The first-order valence-corrected chi connectivity index (χ1v) is 9.15. The van der Waals surface area contributed by atoms with Gasteiger partial charge in [0.05, 0.1) is 0 Å². The maximum absolute atomic E-state index is 13.4. The fraction of sp³-hybridized carbons (Fsp3) is 0.348. The number of allylic oxidation sites excluding steroid dienone is 2. The Morgan fingerprint density at radius 1 is 0.792 bits per heavy atom. The minimum atomic E-state index is 0.246. The van der Waals surface area contributed by atoms with Crippen LogP contribution in [0.2, 0.25) is 0 Å². The van der Waals surface area contributed by atoms with Crippen molar-refractivity contribution in [3.8, 4) is 0 Å². The van der Waals surface area contributed by atoms with Crippen LogP contribution in [0.3, 0.4) is 0 Å². The Balaban J connectivity index is 1.73. The van der Waals surface area contributed by atoms with Gasteiger partial charge in [0.15, 0.2) is 5.78 Å². The van der Waals surface area contributed by atoms with E-state index in [4.69, 9.17) is 0 Å². The number of carbonyl (C=O) groups excluding carboxylic acids is 1. The summed E-state index contributed by atoms with van der Waals surface area (Å²) in [6.07, 6.45) is 3.82. The van der Waals surface area contributed by atoms with E-state index in [0.29, 0.717) is 23.5 Å². The van der Waals surface area contributed by atoms with Gasteiger partial charge in [-0.05, 0) is 60.6 Å². The van der Waals surface area contributed by atoms with Crippen molar-refractivity contribution < 1.29 is 4.79 Å². The lowest BCUT2D eigenvalue weighted by Crippen LogP contribution is -2.24. The normalized spacial score (nSPS) is 31.0. The average Bonchev–Trinajstić information content (AvgIpc) is 3.29. The zero-order valence-corrected chi connectivity index (χ0v) is 14.0. The molecule has 0 heterocycles. The molecule has 1 heteroatoms. The van der Waals surface area contributed by atoms with E-state index in [9.17, 15) is 4.79 Å². The van der Waals surface area contributed by atoms with Gasteiger partial charge >= 0.3 is 0 Å². The molecule has 0 aromatic heterocycles. The summed E-state index contributed by atoms with van der Waals surface area (Å²) in [6, 6.07) is 19.1. The van der Waals surface area contributed by atoms with Crippen molar-refractivity contribution in [3.05, 3.63) is 71.3 Å². The molecule has 2 unspecified atom stereocenters. The van der Waals surface area contributed by atoms with Crippen molar-refractivity contribution in [2.75, 3.05) is 0 Å². The number of Topliss-reactive ketones (excluding diaryl/α,β-unsaturated/α-hetero) is 1. The Morgan fingerprint density at radius 2 is 1.46 bits per heavy atom. The van der Waals surface area contributed by atoms with Crippen LogP contribution in [-0.4, -0.2) is 5.78 Å². The molecule has 1 nitrogen and oxygen atoms in total. The molecule has 2 aromatic carbocycles. The zero-order valence-electron chi connectivity index (χ0n) is 14.0. The number of carbonyl (C=O) groups is 1. The summed E-state index contributed by atoms with van der Waals surface area (Å²) in [5, 5.41) is 0. The van der Waals surface area contributed by atoms with Crippen LogP contribution in [0.25, 0.3) is 11.1 Å².